The number of nitriles is 1. The molecule has 2 aromatic rings. The van der Waals surface area contributed by atoms with Gasteiger partial charge in [-0.2, -0.15) is 10.2 Å². The lowest BCUT2D eigenvalue weighted by molar-refractivity contribution is 0.0786. The highest BCUT2D eigenvalue weighted by Gasteiger charge is 2.34. The normalized spacial score (nSPS) is 18.6. The molecule has 0 saturated carbocycles. The summed E-state index contributed by atoms with van der Waals surface area (Å²) in [6.07, 6.45) is 1.03. The number of hydrogen-bond acceptors (Lipinski definition) is 6. The van der Waals surface area contributed by atoms with Crippen LogP contribution >= 0.6 is 0 Å². The number of carbonyl (C=O) groups excluding carboxylic acids is 1. The Bertz CT molecular complexity index is 879. The zero-order valence-electron chi connectivity index (χ0n) is 16.2. The summed E-state index contributed by atoms with van der Waals surface area (Å²) in [5.41, 5.74) is 1.00. The highest BCUT2D eigenvalue weighted by molar-refractivity contribution is 5.94. The molecule has 1 amide bonds. The molecule has 146 valence electrons. The number of hydrogen-bond donors (Lipinski definition) is 0. The number of anilines is 2. The second-order valence-corrected chi connectivity index (χ2v) is 7.12. The van der Waals surface area contributed by atoms with Crippen molar-refractivity contribution in [2.24, 2.45) is 0 Å². The van der Waals surface area contributed by atoms with E-state index in [4.69, 9.17) is 5.26 Å². The van der Waals surface area contributed by atoms with E-state index in [1.807, 2.05) is 25.1 Å². The van der Waals surface area contributed by atoms with Gasteiger partial charge in [-0.3, -0.25) is 4.79 Å². The summed E-state index contributed by atoms with van der Waals surface area (Å²) in [6, 6.07) is 10.1. The van der Waals surface area contributed by atoms with Crippen molar-refractivity contribution in [2.75, 3.05) is 44.0 Å². The van der Waals surface area contributed by atoms with E-state index in [-0.39, 0.29) is 18.5 Å². The van der Waals surface area contributed by atoms with Gasteiger partial charge in [0.1, 0.15) is 12.0 Å². The van der Waals surface area contributed by atoms with E-state index in [0.717, 1.165) is 0 Å². The van der Waals surface area contributed by atoms with Gasteiger partial charge in [0.15, 0.2) is 0 Å². The van der Waals surface area contributed by atoms with Crippen LogP contribution in [0.25, 0.3) is 0 Å². The molecule has 1 saturated heterocycles. The van der Waals surface area contributed by atoms with Gasteiger partial charge in [-0.1, -0.05) is 0 Å². The second kappa shape index (κ2) is 8.21. The predicted octanol–water partition coefficient (Wildman–Crippen LogP) is 2.10. The first-order valence-corrected chi connectivity index (χ1v) is 9.05. The number of aromatic nitrogens is 2. The number of carbonyl (C=O) groups is 1. The van der Waals surface area contributed by atoms with Gasteiger partial charge in [-0.05, 0) is 30.3 Å². The molecule has 1 aromatic heterocycles. The van der Waals surface area contributed by atoms with Gasteiger partial charge in [0.2, 0.25) is 5.95 Å². The van der Waals surface area contributed by atoms with E-state index in [9.17, 15) is 9.18 Å². The molecule has 0 aliphatic carbocycles. The maximum absolute atomic E-state index is 14.2. The molecule has 0 radical (unpaired) electrons. The first-order valence-electron chi connectivity index (χ1n) is 9.05. The largest absolute Gasteiger partial charge is 0.349 e. The molecule has 1 aliphatic heterocycles. The van der Waals surface area contributed by atoms with Crippen LogP contribution in [0.5, 0.6) is 0 Å². The van der Waals surface area contributed by atoms with E-state index in [1.165, 1.54) is 0 Å². The summed E-state index contributed by atoms with van der Waals surface area (Å²) in [6.45, 7) is 0.619. The van der Waals surface area contributed by atoms with E-state index < -0.39 is 6.17 Å². The standard InChI is InChI=1S/C20H23FN6O/c1-25(2)20-23-9-8-18(24-20)27-12-16(21)10-17(27)13-26(3)19(28)15-6-4-14(11-22)5-7-15/h4-9,16-17H,10,12-13H2,1-3H3/t16-,17-/m0/s1. The maximum atomic E-state index is 14.2. The number of amides is 1. The van der Waals surface area contributed by atoms with Crippen LogP contribution < -0.4 is 9.80 Å². The molecule has 7 nitrogen and oxygen atoms in total. The third-order valence-corrected chi connectivity index (χ3v) is 4.78. The average molecular weight is 382 g/mol. The first-order chi connectivity index (χ1) is 13.4. The number of halogens is 1. The molecule has 1 aliphatic rings. The highest BCUT2D eigenvalue weighted by Crippen LogP contribution is 2.27. The first kappa shape index (κ1) is 19.5. The zero-order valence-corrected chi connectivity index (χ0v) is 16.2. The fraction of sp³-hybridized carbons (Fsp3) is 0.400. The van der Waals surface area contributed by atoms with Crippen molar-refractivity contribution in [3.63, 3.8) is 0 Å². The van der Waals surface area contributed by atoms with Crippen LogP contribution in [-0.2, 0) is 0 Å². The summed E-state index contributed by atoms with van der Waals surface area (Å²) < 4.78 is 14.2. The van der Waals surface area contributed by atoms with Gasteiger partial charge < -0.3 is 14.7 Å². The number of likely N-dealkylation sites (N-methyl/N-ethyl adjacent to an activating group) is 1. The fourth-order valence-corrected chi connectivity index (χ4v) is 3.33. The number of nitrogens with zero attached hydrogens (tertiary/aromatic N) is 6. The predicted molar refractivity (Wildman–Crippen MR) is 105 cm³/mol. The molecular weight excluding hydrogens is 359 g/mol. The highest BCUT2D eigenvalue weighted by atomic mass is 19.1. The van der Waals surface area contributed by atoms with Gasteiger partial charge in [0.25, 0.3) is 5.91 Å². The van der Waals surface area contributed by atoms with Crippen molar-refractivity contribution in [3.8, 4) is 6.07 Å². The summed E-state index contributed by atoms with van der Waals surface area (Å²) in [5, 5.41) is 8.88. The summed E-state index contributed by atoms with van der Waals surface area (Å²) in [7, 11) is 5.40. The van der Waals surface area contributed by atoms with Crippen molar-refractivity contribution < 1.29 is 9.18 Å². The zero-order chi connectivity index (χ0) is 20.3. The average Bonchev–Trinajstić information content (AvgIpc) is 3.07. The minimum Gasteiger partial charge on any atom is -0.349 e. The Morgan fingerprint density at radius 2 is 2.00 bits per heavy atom. The van der Waals surface area contributed by atoms with Crippen LogP contribution in [0, 0.1) is 11.3 Å². The lowest BCUT2D eigenvalue weighted by Gasteiger charge is -2.29. The van der Waals surface area contributed by atoms with Gasteiger partial charge in [-0.15, -0.1) is 0 Å². The number of rotatable bonds is 5. The van der Waals surface area contributed by atoms with Gasteiger partial charge in [-0.25, -0.2) is 9.37 Å². The Balaban J connectivity index is 1.74. The smallest absolute Gasteiger partial charge is 0.253 e. The van der Waals surface area contributed by atoms with E-state index in [1.54, 1.807) is 53.4 Å². The molecule has 0 bridgehead atoms. The van der Waals surface area contributed by atoms with Crippen LogP contribution in [0.2, 0.25) is 0 Å². The molecule has 28 heavy (non-hydrogen) atoms. The Labute approximate surface area is 164 Å². The van der Waals surface area contributed by atoms with Crippen LogP contribution in [-0.4, -0.2) is 67.2 Å². The third-order valence-electron chi connectivity index (χ3n) is 4.78. The Kier molecular flexibility index (Phi) is 5.73. The molecule has 0 N–H and O–H groups in total. The fourth-order valence-electron chi connectivity index (χ4n) is 3.33. The minimum atomic E-state index is -0.971. The van der Waals surface area contributed by atoms with Crippen molar-refractivity contribution in [1.82, 2.24) is 14.9 Å². The van der Waals surface area contributed by atoms with Gasteiger partial charge in [0.05, 0.1) is 24.2 Å². The van der Waals surface area contributed by atoms with Gasteiger partial charge in [0, 0.05) is 45.9 Å². The summed E-state index contributed by atoms with van der Waals surface area (Å²) in [5.74, 6) is 1.05. The van der Waals surface area contributed by atoms with E-state index >= 15 is 0 Å². The molecule has 2 heterocycles. The summed E-state index contributed by atoms with van der Waals surface area (Å²) >= 11 is 0. The van der Waals surface area contributed by atoms with Gasteiger partial charge >= 0.3 is 0 Å². The van der Waals surface area contributed by atoms with Crippen LogP contribution in [0.3, 0.4) is 0 Å². The molecule has 2 atom stereocenters. The van der Waals surface area contributed by atoms with E-state index in [0.29, 0.717) is 35.9 Å². The molecule has 1 aromatic carbocycles. The molecule has 1 fully saturated rings. The van der Waals surface area contributed by atoms with E-state index in [2.05, 4.69) is 9.97 Å². The van der Waals surface area contributed by atoms with Crippen LogP contribution in [0.15, 0.2) is 36.5 Å². The topological polar surface area (TPSA) is 76.4 Å². The van der Waals surface area contributed by atoms with Crippen molar-refractivity contribution >= 4 is 17.7 Å². The lowest BCUT2D eigenvalue weighted by Crippen LogP contribution is -2.41. The maximum Gasteiger partial charge on any atom is 0.253 e. The molecular formula is C20H23FN6O. The minimum absolute atomic E-state index is 0.164. The third kappa shape index (κ3) is 4.19. The molecule has 3 rings (SSSR count). The van der Waals surface area contributed by atoms with Crippen LogP contribution in [0.1, 0.15) is 22.3 Å². The molecule has 8 heteroatoms. The SMILES string of the molecule is CN(C[C@@H]1C[C@H](F)CN1c1ccnc(N(C)C)n1)C(=O)c1ccc(C#N)cc1. The van der Waals surface area contributed by atoms with Crippen molar-refractivity contribution in [2.45, 2.75) is 18.6 Å². The number of alkyl halides is 1. The number of benzene rings is 1. The lowest BCUT2D eigenvalue weighted by atomic mass is 10.1. The Morgan fingerprint density at radius 1 is 1.29 bits per heavy atom. The molecule has 0 unspecified atom stereocenters. The second-order valence-electron chi connectivity index (χ2n) is 7.12. The quantitative estimate of drug-likeness (QED) is 0.788. The summed E-state index contributed by atoms with van der Waals surface area (Å²) in [4.78, 5) is 26.7. The molecule has 0 spiro atoms. The Morgan fingerprint density at radius 3 is 2.64 bits per heavy atom. The van der Waals surface area contributed by atoms with Crippen molar-refractivity contribution in [1.29, 1.82) is 5.26 Å². The Hall–Kier alpha value is -3.21. The van der Waals surface area contributed by atoms with Crippen molar-refractivity contribution in [3.05, 3.63) is 47.7 Å². The van der Waals surface area contributed by atoms with Crippen LogP contribution in [0.4, 0.5) is 16.2 Å². The monoisotopic (exact) mass is 382 g/mol.